The second kappa shape index (κ2) is 10.5. The van der Waals surface area contributed by atoms with Gasteiger partial charge in [0.05, 0.1) is 0 Å². The van der Waals surface area contributed by atoms with Crippen molar-refractivity contribution in [1.29, 1.82) is 0 Å². The molecule has 2 amide bonds. The molecule has 0 spiro atoms. The average Bonchev–Trinajstić information content (AvgIpc) is 2.68. The first kappa shape index (κ1) is 20.6. The van der Waals surface area contributed by atoms with E-state index < -0.39 is 0 Å². The molecular weight excluding hydrogens is 338 g/mol. The highest BCUT2D eigenvalue weighted by atomic mass is 16.2. The lowest BCUT2D eigenvalue weighted by Crippen LogP contribution is -2.88. The summed E-state index contributed by atoms with van der Waals surface area (Å²) < 4.78 is 0. The van der Waals surface area contributed by atoms with E-state index in [0.717, 1.165) is 12.8 Å². The summed E-state index contributed by atoms with van der Waals surface area (Å²) in [5, 5.41) is 2.02. The van der Waals surface area contributed by atoms with Crippen LogP contribution < -0.4 is 16.2 Å². The SMILES string of the molecule is CCCc1ccc([C@@H]([NH2+]CC(=O)NNC(=O)c2ccccc2)C(C)C)cc1. The Labute approximate surface area is 161 Å². The van der Waals surface area contributed by atoms with E-state index in [1.807, 2.05) is 11.4 Å². The van der Waals surface area contributed by atoms with Gasteiger partial charge in [0.25, 0.3) is 11.8 Å². The van der Waals surface area contributed by atoms with E-state index in [1.165, 1.54) is 11.1 Å². The lowest BCUT2D eigenvalue weighted by molar-refractivity contribution is -0.692. The van der Waals surface area contributed by atoms with Crippen LogP contribution in [0.25, 0.3) is 0 Å². The molecule has 4 N–H and O–H groups in total. The van der Waals surface area contributed by atoms with Gasteiger partial charge in [0.15, 0.2) is 6.54 Å². The van der Waals surface area contributed by atoms with Crippen molar-refractivity contribution in [2.45, 2.75) is 39.7 Å². The van der Waals surface area contributed by atoms with Crippen LogP contribution in [0, 0.1) is 5.92 Å². The van der Waals surface area contributed by atoms with Gasteiger partial charge in [-0.25, -0.2) is 0 Å². The van der Waals surface area contributed by atoms with Gasteiger partial charge >= 0.3 is 0 Å². The van der Waals surface area contributed by atoms with Crippen molar-refractivity contribution in [3.8, 4) is 0 Å². The van der Waals surface area contributed by atoms with Crippen LogP contribution in [0.3, 0.4) is 0 Å². The van der Waals surface area contributed by atoms with Gasteiger partial charge in [-0.15, -0.1) is 0 Å². The summed E-state index contributed by atoms with van der Waals surface area (Å²) in [5.74, 6) is -0.169. The highest BCUT2D eigenvalue weighted by Crippen LogP contribution is 2.18. The van der Waals surface area contributed by atoms with E-state index in [1.54, 1.807) is 24.3 Å². The largest absolute Gasteiger partial charge is 0.332 e. The van der Waals surface area contributed by atoms with Gasteiger partial charge < -0.3 is 5.32 Å². The minimum absolute atomic E-state index is 0.191. The predicted molar refractivity (Wildman–Crippen MR) is 107 cm³/mol. The van der Waals surface area contributed by atoms with Gasteiger partial charge in [-0.05, 0) is 24.1 Å². The number of hydrogen-bond donors (Lipinski definition) is 3. The van der Waals surface area contributed by atoms with E-state index >= 15 is 0 Å². The molecule has 0 aliphatic heterocycles. The van der Waals surface area contributed by atoms with Crippen LogP contribution in [-0.4, -0.2) is 18.4 Å². The van der Waals surface area contributed by atoms with Crippen molar-refractivity contribution < 1.29 is 14.9 Å². The molecule has 2 aromatic carbocycles. The lowest BCUT2D eigenvalue weighted by atomic mass is 9.94. The summed E-state index contributed by atoms with van der Waals surface area (Å²) in [6, 6.07) is 17.6. The molecule has 1 atom stereocenters. The van der Waals surface area contributed by atoms with E-state index in [2.05, 4.69) is 55.9 Å². The fourth-order valence-electron chi connectivity index (χ4n) is 3.06. The van der Waals surface area contributed by atoms with E-state index in [4.69, 9.17) is 0 Å². The summed E-state index contributed by atoms with van der Waals surface area (Å²) in [7, 11) is 0. The van der Waals surface area contributed by atoms with Crippen molar-refractivity contribution >= 4 is 11.8 Å². The number of nitrogens with two attached hydrogens (primary N) is 1. The maximum atomic E-state index is 12.1. The zero-order valence-electron chi connectivity index (χ0n) is 16.4. The van der Waals surface area contributed by atoms with Crippen LogP contribution in [0.4, 0.5) is 0 Å². The quantitative estimate of drug-likeness (QED) is 0.626. The van der Waals surface area contributed by atoms with Crippen molar-refractivity contribution in [3.63, 3.8) is 0 Å². The van der Waals surface area contributed by atoms with Gasteiger partial charge in [0, 0.05) is 17.0 Å². The lowest BCUT2D eigenvalue weighted by Gasteiger charge is -2.20. The minimum atomic E-state index is -0.323. The third kappa shape index (κ3) is 6.53. The molecule has 0 heterocycles. The summed E-state index contributed by atoms with van der Waals surface area (Å²) >= 11 is 0. The van der Waals surface area contributed by atoms with Crippen LogP contribution in [0.5, 0.6) is 0 Å². The Hall–Kier alpha value is -2.66. The fourth-order valence-corrected chi connectivity index (χ4v) is 3.06. The topological polar surface area (TPSA) is 74.8 Å². The molecule has 0 aliphatic carbocycles. The number of rotatable bonds is 8. The average molecular weight is 369 g/mol. The summed E-state index contributed by atoms with van der Waals surface area (Å²) in [6.07, 6.45) is 2.22. The first-order valence-corrected chi connectivity index (χ1v) is 9.57. The van der Waals surface area contributed by atoms with Crippen LogP contribution >= 0.6 is 0 Å². The van der Waals surface area contributed by atoms with Crippen molar-refractivity contribution in [2.75, 3.05) is 6.54 Å². The van der Waals surface area contributed by atoms with Crippen LogP contribution in [0.2, 0.25) is 0 Å². The predicted octanol–water partition coefficient (Wildman–Crippen LogP) is 2.36. The van der Waals surface area contributed by atoms with Crippen LogP contribution in [0.1, 0.15) is 54.7 Å². The van der Waals surface area contributed by atoms with Gasteiger partial charge in [-0.2, -0.15) is 0 Å². The third-order valence-corrected chi connectivity index (χ3v) is 4.53. The second-order valence-electron chi connectivity index (χ2n) is 7.07. The number of quaternary nitrogens is 1. The molecule has 144 valence electrons. The number of hydrazine groups is 1. The van der Waals surface area contributed by atoms with Crippen molar-refractivity contribution in [2.24, 2.45) is 5.92 Å². The van der Waals surface area contributed by atoms with Gasteiger partial charge in [-0.1, -0.05) is 69.7 Å². The molecular formula is C22H30N3O2+. The Morgan fingerprint density at radius 1 is 0.963 bits per heavy atom. The molecule has 0 saturated heterocycles. The highest BCUT2D eigenvalue weighted by Gasteiger charge is 2.20. The molecule has 0 aliphatic rings. The van der Waals surface area contributed by atoms with E-state index in [-0.39, 0.29) is 24.4 Å². The van der Waals surface area contributed by atoms with Crippen LogP contribution in [-0.2, 0) is 11.2 Å². The molecule has 5 heteroatoms. The Morgan fingerprint density at radius 3 is 2.22 bits per heavy atom. The third-order valence-electron chi connectivity index (χ3n) is 4.53. The summed E-state index contributed by atoms with van der Waals surface area (Å²) in [6.45, 7) is 6.72. The first-order valence-electron chi connectivity index (χ1n) is 9.57. The Bertz CT molecular complexity index is 727. The maximum Gasteiger partial charge on any atom is 0.293 e. The Morgan fingerprint density at radius 2 is 1.63 bits per heavy atom. The Balaban J connectivity index is 1.86. The van der Waals surface area contributed by atoms with Gasteiger partial charge in [0.2, 0.25) is 0 Å². The molecule has 0 saturated carbocycles. The monoisotopic (exact) mass is 368 g/mol. The number of nitrogens with one attached hydrogen (secondary N) is 2. The number of benzene rings is 2. The molecule has 0 radical (unpaired) electrons. The highest BCUT2D eigenvalue weighted by molar-refractivity contribution is 5.95. The molecule has 0 bridgehead atoms. The standard InChI is InChI=1S/C22H29N3O2/c1-4-8-17-11-13-18(14-12-17)21(16(2)3)23-15-20(26)24-25-22(27)19-9-6-5-7-10-19/h5-7,9-14,16,21,23H,4,8,15H2,1-3H3,(H,24,26)(H,25,27)/p+1/t21-/m0/s1. The van der Waals surface area contributed by atoms with Gasteiger partial charge in [0.1, 0.15) is 6.04 Å². The maximum absolute atomic E-state index is 12.1. The molecule has 2 rings (SSSR count). The minimum Gasteiger partial charge on any atom is -0.332 e. The smallest absolute Gasteiger partial charge is 0.293 e. The number of carbonyl (C=O) groups is 2. The molecule has 0 aromatic heterocycles. The molecule has 2 aromatic rings. The summed E-state index contributed by atoms with van der Waals surface area (Å²) in [5.41, 5.74) is 8.00. The number of carbonyl (C=O) groups excluding carboxylic acids is 2. The molecule has 27 heavy (non-hydrogen) atoms. The van der Waals surface area contributed by atoms with E-state index in [0.29, 0.717) is 11.5 Å². The zero-order valence-corrected chi connectivity index (χ0v) is 16.4. The van der Waals surface area contributed by atoms with E-state index in [9.17, 15) is 9.59 Å². The molecule has 0 unspecified atom stereocenters. The van der Waals surface area contributed by atoms with Crippen LogP contribution in [0.15, 0.2) is 54.6 Å². The van der Waals surface area contributed by atoms with Gasteiger partial charge in [-0.3, -0.25) is 20.4 Å². The number of aryl methyl sites for hydroxylation is 1. The molecule has 5 nitrogen and oxygen atoms in total. The van der Waals surface area contributed by atoms with Crippen molar-refractivity contribution in [3.05, 3.63) is 71.3 Å². The normalized spacial score (nSPS) is 11.9. The summed E-state index contributed by atoms with van der Waals surface area (Å²) in [4.78, 5) is 24.1. The number of amides is 2. The first-order chi connectivity index (χ1) is 13.0. The zero-order chi connectivity index (χ0) is 19.6. The Kier molecular flexibility index (Phi) is 8.01. The second-order valence-corrected chi connectivity index (χ2v) is 7.07. The van der Waals surface area contributed by atoms with Crippen molar-refractivity contribution in [1.82, 2.24) is 10.9 Å². The molecule has 0 fully saturated rings. The fraction of sp³-hybridized carbons (Fsp3) is 0.364. The number of hydrogen-bond acceptors (Lipinski definition) is 2.